The molecule has 1 unspecified atom stereocenters. The van der Waals surface area contributed by atoms with Gasteiger partial charge < -0.3 is 14.8 Å². The average molecular weight is 405 g/mol. The van der Waals surface area contributed by atoms with Gasteiger partial charge in [-0.1, -0.05) is 24.3 Å². The lowest BCUT2D eigenvalue weighted by Gasteiger charge is -2.25. The smallest absolute Gasteiger partial charge is 0.268 e. The summed E-state index contributed by atoms with van der Waals surface area (Å²) in [7, 11) is 0. The number of fused-ring (bicyclic) bond motifs is 1. The maximum atomic E-state index is 13.1. The molecule has 0 spiro atoms. The van der Waals surface area contributed by atoms with E-state index >= 15 is 0 Å². The van der Waals surface area contributed by atoms with Crippen molar-refractivity contribution in [3.05, 3.63) is 54.1 Å². The number of carbonyl (C=O) groups excluding carboxylic acids is 2. The number of para-hydroxylation sites is 1. The van der Waals surface area contributed by atoms with Crippen molar-refractivity contribution in [2.45, 2.75) is 31.7 Å². The Morgan fingerprint density at radius 1 is 1.03 bits per heavy atom. The molecular weight excluding hydrogens is 382 g/mol. The first-order chi connectivity index (χ1) is 14.7. The third-order valence-corrected chi connectivity index (χ3v) is 5.60. The molecule has 1 N–H and O–H groups in total. The fourth-order valence-corrected chi connectivity index (χ4v) is 3.87. The van der Waals surface area contributed by atoms with Gasteiger partial charge in [-0.25, -0.2) is 5.01 Å². The summed E-state index contributed by atoms with van der Waals surface area (Å²) in [6, 6.07) is 14.9. The van der Waals surface area contributed by atoms with Gasteiger partial charge in [-0.05, 0) is 48.6 Å². The molecule has 7 heteroatoms. The molecule has 2 heterocycles. The van der Waals surface area contributed by atoms with E-state index in [1.165, 1.54) is 5.01 Å². The topological polar surface area (TPSA) is 80.2 Å². The number of ether oxygens (including phenoxy) is 2. The molecule has 1 saturated carbocycles. The second-order valence-corrected chi connectivity index (χ2v) is 7.78. The van der Waals surface area contributed by atoms with E-state index in [4.69, 9.17) is 9.47 Å². The van der Waals surface area contributed by atoms with Crippen molar-refractivity contribution in [1.29, 1.82) is 0 Å². The molecule has 2 aliphatic heterocycles. The number of rotatable bonds is 5. The average Bonchev–Trinajstić information content (AvgIpc) is 3.63. The first-order valence-electron chi connectivity index (χ1n) is 10.3. The van der Waals surface area contributed by atoms with E-state index in [9.17, 15) is 9.59 Å². The predicted molar refractivity (Wildman–Crippen MR) is 112 cm³/mol. The summed E-state index contributed by atoms with van der Waals surface area (Å²) in [5.74, 6) is 1.51. The van der Waals surface area contributed by atoms with Crippen molar-refractivity contribution in [1.82, 2.24) is 5.32 Å². The van der Waals surface area contributed by atoms with Gasteiger partial charge in [0.15, 0.2) is 11.5 Å². The third-order valence-electron chi connectivity index (χ3n) is 5.60. The number of anilines is 1. The quantitative estimate of drug-likeness (QED) is 0.828. The number of amides is 2. The Bertz CT molecular complexity index is 1000. The minimum Gasteiger partial charge on any atom is -0.486 e. The third kappa shape index (κ3) is 3.75. The van der Waals surface area contributed by atoms with Crippen molar-refractivity contribution in [3.8, 4) is 11.5 Å². The van der Waals surface area contributed by atoms with Crippen LogP contribution in [0.1, 0.15) is 37.3 Å². The minimum absolute atomic E-state index is 0.108. The summed E-state index contributed by atoms with van der Waals surface area (Å²) in [6.07, 6.45) is 2.74. The highest BCUT2D eigenvalue weighted by Gasteiger charge is 2.35. The normalized spacial score (nSPS) is 19.1. The number of carbonyl (C=O) groups is 2. The van der Waals surface area contributed by atoms with E-state index in [-0.39, 0.29) is 24.3 Å². The van der Waals surface area contributed by atoms with Crippen LogP contribution in [0.2, 0.25) is 0 Å². The van der Waals surface area contributed by atoms with Crippen molar-refractivity contribution in [3.63, 3.8) is 0 Å². The SMILES string of the molecule is O=C(NC(c1ccc2c(c1)OCCO2)C1CC1)C1=NN(c2ccccc2)C(=O)CC1. The van der Waals surface area contributed by atoms with E-state index in [0.29, 0.717) is 37.0 Å². The summed E-state index contributed by atoms with van der Waals surface area (Å²) in [6.45, 7) is 1.07. The fourth-order valence-electron chi connectivity index (χ4n) is 3.87. The Kier molecular flexibility index (Phi) is 4.86. The van der Waals surface area contributed by atoms with Gasteiger partial charge >= 0.3 is 0 Å². The molecule has 2 amide bonds. The molecule has 5 rings (SSSR count). The van der Waals surface area contributed by atoms with E-state index in [2.05, 4.69) is 10.4 Å². The van der Waals surface area contributed by atoms with Gasteiger partial charge in [0.2, 0.25) is 5.91 Å². The van der Waals surface area contributed by atoms with Crippen molar-refractivity contribution in [2.75, 3.05) is 18.2 Å². The maximum Gasteiger partial charge on any atom is 0.268 e. The Balaban J connectivity index is 1.37. The molecule has 0 bridgehead atoms. The molecular formula is C23H23N3O4. The summed E-state index contributed by atoms with van der Waals surface area (Å²) < 4.78 is 11.3. The number of hydrazone groups is 1. The maximum absolute atomic E-state index is 13.1. The first-order valence-corrected chi connectivity index (χ1v) is 10.3. The van der Waals surface area contributed by atoms with Crippen LogP contribution in [0.4, 0.5) is 5.69 Å². The monoisotopic (exact) mass is 405 g/mol. The van der Waals surface area contributed by atoms with Gasteiger partial charge in [0.1, 0.15) is 18.9 Å². The number of hydrogen-bond donors (Lipinski definition) is 1. The molecule has 154 valence electrons. The summed E-state index contributed by atoms with van der Waals surface area (Å²) in [5.41, 5.74) is 2.04. The van der Waals surface area contributed by atoms with Crippen LogP contribution in [0.3, 0.4) is 0 Å². The second kappa shape index (κ2) is 7.82. The number of benzene rings is 2. The number of nitrogens with zero attached hydrogens (tertiary/aromatic N) is 2. The van der Waals surface area contributed by atoms with Crippen LogP contribution in [0.5, 0.6) is 11.5 Å². The van der Waals surface area contributed by atoms with Crippen molar-refractivity contribution >= 4 is 23.2 Å². The van der Waals surface area contributed by atoms with E-state index < -0.39 is 0 Å². The van der Waals surface area contributed by atoms with Gasteiger partial charge in [0.05, 0.1) is 11.7 Å². The fraction of sp³-hybridized carbons (Fsp3) is 0.348. The molecule has 0 radical (unpaired) electrons. The highest BCUT2D eigenvalue weighted by Crippen LogP contribution is 2.43. The molecule has 1 fully saturated rings. The molecule has 1 atom stereocenters. The highest BCUT2D eigenvalue weighted by atomic mass is 16.6. The van der Waals surface area contributed by atoms with Crippen LogP contribution >= 0.6 is 0 Å². The molecule has 0 saturated heterocycles. The van der Waals surface area contributed by atoms with Crippen molar-refractivity contribution < 1.29 is 19.1 Å². The largest absolute Gasteiger partial charge is 0.486 e. The molecule has 3 aliphatic rings. The van der Waals surface area contributed by atoms with E-state index in [1.54, 1.807) is 0 Å². The zero-order chi connectivity index (χ0) is 20.5. The van der Waals surface area contributed by atoms with Crippen LogP contribution in [0.15, 0.2) is 53.6 Å². The molecule has 30 heavy (non-hydrogen) atoms. The first kappa shape index (κ1) is 18.7. The van der Waals surface area contributed by atoms with Crippen molar-refractivity contribution in [2.24, 2.45) is 11.0 Å². The molecule has 2 aromatic carbocycles. The standard InChI is InChI=1S/C23H23N3O4/c27-21-11-9-18(25-26(21)17-4-2-1-3-5-17)23(28)24-22(15-6-7-15)16-8-10-19-20(14-16)30-13-12-29-19/h1-5,8,10,14-15,22H,6-7,9,11-13H2,(H,24,28). The lowest BCUT2D eigenvalue weighted by Crippen LogP contribution is -2.40. The molecule has 7 nitrogen and oxygen atoms in total. The zero-order valence-electron chi connectivity index (χ0n) is 16.5. The Hall–Kier alpha value is -3.35. The highest BCUT2D eigenvalue weighted by molar-refractivity contribution is 6.40. The Morgan fingerprint density at radius 3 is 2.57 bits per heavy atom. The van der Waals surface area contributed by atoms with Gasteiger partial charge in [-0.3, -0.25) is 9.59 Å². The lowest BCUT2D eigenvalue weighted by atomic mass is 10.0. The second-order valence-electron chi connectivity index (χ2n) is 7.78. The molecule has 2 aromatic rings. The Morgan fingerprint density at radius 2 is 1.80 bits per heavy atom. The Labute approximate surface area is 174 Å². The van der Waals surface area contributed by atoms with E-state index in [1.807, 2.05) is 48.5 Å². The van der Waals surface area contributed by atoms with Gasteiger partial charge in [0, 0.05) is 12.8 Å². The van der Waals surface area contributed by atoms with Gasteiger partial charge in [-0.2, -0.15) is 5.10 Å². The van der Waals surface area contributed by atoms with E-state index in [0.717, 1.165) is 29.9 Å². The number of nitrogens with one attached hydrogen (secondary N) is 1. The predicted octanol–water partition coefficient (Wildman–Crippen LogP) is 3.21. The minimum atomic E-state index is -0.227. The zero-order valence-corrected chi connectivity index (χ0v) is 16.5. The van der Waals surface area contributed by atoms with Gasteiger partial charge in [0.25, 0.3) is 5.91 Å². The summed E-state index contributed by atoms with van der Waals surface area (Å²) >= 11 is 0. The number of hydrogen-bond acceptors (Lipinski definition) is 5. The van der Waals surface area contributed by atoms with Crippen LogP contribution in [-0.4, -0.2) is 30.7 Å². The molecule has 1 aliphatic carbocycles. The summed E-state index contributed by atoms with van der Waals surface area (Å²) in [4.78, 5) is 25.4. The van der Waals surface area contributed by atoms with Crippen LogP contribution in [-0.2, 0) is 9.59 Å². The lowest BCUT2D eigenvalue weighted by molar-refractivity contribution is -0.119. The van der Waals surface area contributed by atoms with Crippen LogP contribution in [0, 0.1) is 5.92 Å². The van der Waals surface area contributed by atoms with Gasteiger partial charge in [-0.15, -0.1) is 0 Å². The van der Waals surface area contributed by atoms with Crippen LogP contribution in [0.25, 0.3) is 0 Å². The summed E-state index contributed by atoms with van der Waals surface area (Å²) in [5, 5.41) is 8.86. The van der Waals surface area contributed by atoms with Crippen LogP contribution < -0.4 is 19.8 Å². The molecule has 0 aromatic heterocycles.